The van der Waals surface area contributed by atoms with Crippen molar-refractivity contribution in [2.45, 2.75) is 38.1 Å². The van der Waals surface area contributed by atoms with Gasteiger partial charge in [0, 0.05) is 10.9 Å². The molecule has 1 N–H and O–H groups in total. The molecular weight excluding hydrogens is 214 g/mol. The standard InChI is InChI=1S/C14H21NS/c1-15-13(8-7-10-4-3-9-16-10)14-11-5-2-6-12(11)14/h3-4,9,11-15H,2,5-8H2,1H3. The van der Waals surface area contributed by atoms with Crippen LogP contribution in [-0.2, 0) is 6.42 Å². The second kappa shape index (κ2) is 4.50. The van der Waals surface area contributed by atoms with E-state index in [-0.39, 0.29) is 0 Å². The Morgan fingerprint density at radius 1 is 1.44 bits per heavy atom. The summed E-state index contributed by atoms with van der Waals surface area (Å²) in [5.41, 5.74) is 0. The maximum Gasteiger partial charge on any atom is 0.0101 e. The number of fused-ring (bicyclic) bond motifs is 1. The molecule has 1 aromatic heterocycles. The van der Waals surface area contributed by atoms with Gasteiger partial charge in [0.1, 0.15) is 0 Å². The fraction of sp³-hybridized carbons (Fsp3) is 0.714. The summed E-state index contributed by atoms with van der Waals surface area (Å²) in [6, 6.07) is 5.21. The van der Waals surface area contributed by atoms with Crippen LogP contribution in [0.2, 0.25) is 0 Å². The third-order valence-electron chi connectivity index (χ3n) is 4.59. The molecule has 1 heterocycles. The fourth-order valence-corrected chi connectivity index (χ4v) is 4.48. The molecule has 3 atom stereocenters. The van der Waals surface area contributed by atoms with Gasteiger partial charge in [-0.25, -0.2) is 0 Å². The monoisotopic (exact) mass is 235 g/mol. The Balaban J connectivity index is 1.52. The van der Waals surface area contributed by atoms with Crippen molar-refractivity contribution < 1.29 is 0 Å². The topological polar surface area (TPSA) is 12.0 Å². The van der Waals surface area contributed by atoms with E-state index in [0.717, 1.165) is 23.8 Å². The van der Waals surface area contributed by atoms with E-state index < -0.39 is 0 Å². The first-order valence-corrected chi connectivity index (χ1v) is 7.48. The van der Waals surface area contributed by atoms with Crippen LogP contribution < -0.4 is 5.32 Å². The highest BCUT2D eigenvalue weighted by Crippen LogP contribution is 2.59. The van der Waals surface area contributed by atoms with Crippen LogP contribution in [0.3, 0.4) is 0 Å². The van der Waals surface area contributed by atoms with E-state index >= 15 is 0 Å². The molecule has 3 rings (SSSR count). The third-order valence-corrected chi connectivity index (χ3v) is 5.53. The number of hydrogen-bond donors (Lipinski definition) is 1. The summed E-state index contributed by atoms with van der Waals surface area (Å²) >= 11 is 1.90. The zero-order chi connectivity index (χ0) is 11.0. The van der Waals surface area contributed by atoms with Crippen molar-refractivity contribution in [3.8, 4) is 0 Å². The minimum atomic E-state index is 0.775. The van der Waals surface area contributed by atoms with Crippen molar-refractivity contribution in [3.05, 3.63) is 22.4 Å². The minimum Gasteiger partial charge on any atom is -0.317 e. The van der Waals surface area contributed by atoms with Crippen LogP contribution in [0.25, 0.3) is 0 Å². The lowest BCUT2D eigenvalue weighted by molar-refractivity contribution is 0.409. The highest BCUT2D eigenvalue weighted by atomic mass is 32.1. The van der Waals surface area contributed by atoms with Crippen LogP contribution in [0.15, 0.2) is 17.5 Å². The Labute approximate surface area is 102 Å². The third kappa shape index (κ3) is 1.93. The smallest absolute Gasteiger partial charge is 0.0101 e. The number of rotatable bonds is 5. The lowest BCUT2D eigenvalue weighted by atomic mass is 9.99. The maximum atomic E-state index is 3.56. The molecule has 2 saturated carbocycles. The van der Waals surface area contributed by atoms with Gasteiger partial charge in [0.25, 0.3) is 0 Å². The van der Waals surface area contributed by atoms with E-state index in [9.17, 15) is 0 Å². The molecule has 0 spiro atoms. The van der Waals surface area contributed by atoms with Crippen LogP contribution in [0, 0.1) is 17.8 Å². The van der Waals surface area contributed by atoms with Gasteiger partial charge in [-0.2, -0.15) is 0 Å². The van der Waals surface area contributed by atoms with E-state index in [2.05, 4.69) is 29.9 Å². The lowest BCUT2D eigenvalue weighted by Gasteiger charge is -2.17. The molecule has 16 heavy (non-hydrogen) atoms. The molecular formula is C14H21NS. The van der Waals surface area contributed by atoms with E-state index in [4.69, 9.17) is 0 Å². The van der Waals surface area contributed by atoms with Gasteiger partial charge >= 0.3 is 0 Å². The normalized spacial score (nSPS) is 33.7. The fourth-order valence-electron chi connectivity index (χ4n) is 3.76. The Morgan fingerprint density at radius 3 is 2.88 bits per heavy atom. The average Bonchev–Trinajstić information content (AvgIpc) is 2.79. The Hall–Kier alpha value is -0.340. The predicted octanol–water partition coefficient (Wildman–Crippen LogP) is 3.31. The van der Waals surface area contributed by atoms with Crippen molar-refractivity contribution in [1.82, 2.24) is 5.32 Å². The molecule has 1 aromatic rings. The van der Waals surface area contributed by atoms with Gasteiger partial charge in [0.05, 0.1) is 0 Å². The summed E-state index contributed by atoms with van der Waals surface area (Å²) in [4.78, 5) is 1.55. The number of nitrogens with one attached hydrogen (secondary N) is 1. The van der Waals surface area contributed by atoms with Gasteiger partial charge < -0.3 is 5.32 Å². The average molecular weight is 235 g/mol. The Morgan fingerprint density at radius 2 is 2.25 bits per heavy atom. The SMILES string of the molecule is CNC(CCc1cccs1)C1C2CCCC21. The summed E-state index contributed by atoms with van der Waals surface area (Å²) in [5, 5.41) is 5.75. The second-order valence-electron chi connectivity index (χ2n) is 5.35. The van der Waals surface area contributed by atoms with Gasteiger partial charge in [-0.3, -0.25) is 0 Å². The first-order valence-electron chi connectivity index (χ1n) is 6.60. The maximum absolute atomic E-state index is 3.56. The summed E-state index contributed by atoms with van der Waals surface area (Å²) in [6.45, 7) is 0. The van der Waals surface area contributed by atoms with Crippen molar-refractivity contribution in [1.29, 1.82) is 0 Å². The molecule has 2 aliphatic rings. The van der Waals surface area contributed by atoms with E-state index in [1.165, 1.54) is 32.1 Å². The number of aryl methyl sites for hydroxylation is 1. The summed E-state index contributed by atoms with van der Waals surface area (Å²) in [7, 11) is 2.15. The number of thiophene rings is 1. The second-order valence-corrected chi connectivity index (χ2v) is 6.38. The summed E-state index contributed by atoms with van der Waals surface area (Å²) < 4.78 is 0. The quantitative estimate of drug-likeness (QED) is 0.825. The van der Waals surface area contributed by atoms with Gasteiger partial charge in [-0.15, -0.1) is 11.3 Å². The summed E-state index contributed by atoms with van der Waals surface area (Å²) in [5.74, 6) is 3.18. The molecule has 0 aliphatic heterocycles. The zero-order valence-corrected chi connectivity index (χ0v) is 10.8. The molecule has 3 unspecified atom stereocenters. The Bertz CT molecular complexity index is 323. The zero-order valence-electron chi connectivity index (χ0n) is 9.99. The van der Waals surface area contributed by atoms with Crippen LogP contribution in [0.1, 0.15) is 30.6 Å². The molecule has 0 aromatic carbocycles. The first kappa shape index (κ1) is 10.8. The van der Waals surface area contributed by atoms with E-state index in [1.54, 1.807) is 4.88 Å². The van der Waals surface area contributed by atoms with Crippen LogP contribution in [0.4, 0.5) is 0 Å². The van der Waals surface area contributed by atoms with Gasteiger partial charge in [0.15, 0.2) is 0 Å². The molecule has 1 nitrogen and oxygen atoms in total. The van der Waals surface area contributed by atoms with Crippen LogP contribution in [-0.4, -0.2) is 13.1 Å². The highest BCUT2D eigenvalue weighted by molar-refractivity contribution is 7.09. The molecule has 0 saturated heterocycles. The first-order chi connectivity index (χ1) is 7.90. The molecule has 0 bridgehead atoms. The highest BCUT2D eigenvalue weighted by Gasteiger charge is 2.55. The lowest BCUT2D eigenvalue weighted by Crippen LogP contribution is -2.29. The van der Waals surface area contributed by atoms with Crippen molar-refractivity contribution >= 4 is 11.3 Å². The molecule has 0 amide bonds. The number of hydrogen-bond acceptors (Lipinski definition) is 2. The van der Waals surface area contributed by atoms with Gasteiger partial charge in [-0.1, -0.05) is 12.5 Å². The van der Waals surface area contributed by atoms with Gasteiger partial charge in [0.2, 0.25) is 0 Å². The van der Waals surface area contributed by atoms with Crippen LogP contribution in [0.5, 0.6) is 0 Å². The predicted molar refractivity (Wildman–Crippen MR) is 69.8 cm³/mol. The van der Waals surface area contributed by atoms with Gasteiger partial charge in [-0.05, 0) is 61.9 Å². The molecule has 2 aliphatic carbocycles. The minimum absolute atomic E-state index is 0.775. The molecule has 88 valence electrons. The van der Waals surface area contributed by atoms with E-state index in [1.807, 2.05) is 11.3 Å². The Kier molecular flexibility index (Phi) is 3.03. The summed E-state index contributed by atoms with van der Waals surface area (Å²) in [6.07, 6.45) is 7.10. The van der Waals surface area contributed by atoms with Crippen molar-refractivity contribution in [2.75, 3.05) is 7.05 Å². The van der Waals surface area contributed by atoms with Crippen molar-refractivity contribution in [2.24, 2.45) is 17.8 Å². The van der Waals surface area contributed by atoms with E-state index in [0.29, 0.717) is 0 Å². The molecule has 2 heteroatoms. The van der Waals surface area contributed by atoms with Crippen LogP contribution >= 0.6 is 11.3 Å². The molecule has 2 fully saturated rings. The van der Waals surface area contributed by atoms with Crippen molar-refractivity contribution in [3.63, 3.8) is 0 Å². The molecule has 0 radical (unpaired) electrons. The largest absolute Gasteiger partial charge is 0.317 e.